The highest BCUT2D eigenvalue weighted by molar-refractivity contribution is 7.57. The molecule has 0 N–H and O–H groups in total. The maximum absolute atomic E-state index is 9.96. The summed E-state index contributed by atoms with van der Waals surface area (Å²) >= 11 is 0. The Kier molecular flexibility index (Phi) is 3.19. The molecule has 0 amide bonds. The maximum atomic E-state index is 9.96. The third kappa shape index (κ3) is 2.76. The molecule has 0 aliphatic heterocycles. The van der Waals surface area contributed by atoms with Gasteiger partial charge in [-0.25, -0.2) is 0 Å². The number of rotatable bonds is 2. The Balaban J connectivity index is 3.33. The summed E-state index contributed by atoms with van der Waals surface area (Å²) in [5.41, 5.74) is 0.287. The minimum Gasteiger partial charge on any atom is -0.303 e. The van der Waals surface area contributed by atoms with Gasteiger partial charge in [0.2, 0.25) is 0 Å². The van der Waals surface area contributed by atoms with E-state index >= 15 is 0 Å². The highest BCUT2D eigenvalue weighted by Gasteiger charge is 2.01. The Morgan fingerprint density at radius 3 is 2.00 bits per heavy atom. The molecule has 0 aromatic rings. The van der Waals surface area contributed by atoms with Crippen molar-refractivity contribution in [2.45, 2.75) is 12.6 Å². The number of carbonyl (C=O) groups excluding carboxylic acids is 1. The minimum absolute atomic E-state index is 0.0298. The first-order chi connectivity index (χ1) is 3.18. The predicted molar refractivity (Wildman–Crippen MR) is 34.3 cm³/mol. The fraction of sp³-hybridized carbons (Fsp3) is 0.800. The van der Waals surface area contributed by atoms with E-state index in [1.165, 1.54) is 0 Å². The monoisotopic (exact) mass is 118 g/mol. The van der Waals surface area contributed by atoms with Crippen molar-refractivity contribution in [1.82, 2.24) is 0 Å². The van der Waals surface area contributed by atoms with E-state index in [0.717, 1.165) is 6.29 Å². The van der Waals surface area contributed by atoms with Crippen molar-refractivity contribution in [3.63, 3.8) is 0 Å². The van der Waals surface area contributed by atoms with E-state index in [4.69, 9.17) is 0 Å². The summed E-state index contributed by atoms with van der Waals surface area (Å²) in [7, 11) is -0.0298. The van der Waals surface area contributed by atoms with Gasteiger partial charge in [0.1, 0.15) is 6.29 Å². The summed E-state index contributed by atoms with van der Waals surface area (Å²) in [6.45, 7) is 6.17. The van der Waals surface area contributed by atoms with Gasteiger partial charge in [-0.1, -0.05) is 6.92 Å². The van der Waals surface area contributed by atoms with Crippen molar-refractivity contribution in [1.29, 1.82) is 0 Å². The average Bonchev–Trinajstić information content (AvgIpc) is 1.65. The summed E-state index contributed by atoms with van der Waals surface area (Å²) in [6.07, 6.45) is 1.02. The van der Waals surface area contributed by atoms with E-state index < -0.39 is 0 Å². The van der Waals surface area contributed by atoms with E-state index in [2.05, 4.69) is 13.3 Å². The molecule has 0 rings (SSSR count). The molecule has 0 radical (unpaired) electrons. The number of carbonyl (C=O) groups is 1. The largest absolute Gasteiger partial charge is 0.303 e. The van der Waals surface area contributed by atoms with Crippen molar-refractivity contribution in [2.75, 3.05) is 13.3 Å². The Labute approximate surface area is 45.9 Å². The van der Waals surface area contributed by atoms with Crippen molar-refractivity contribution in [3.8, 4) is 0 Å². The third-order valence-electron chi connectivity index (χ3n) is 1.01. The lowest BCUT2D eigenvalue weighted by Gasteiger charge is -2.05. The summed E-state index contributed by atoms with van der Waals surface area (Å²) in [4.78, 5) is 9.96. The molecule has 0 saturated heterocycles. The molecule has 0 bridgehead atoms. The summed E-state index contributed by atoms with van der Waals surface area (Å²) < 4.78 is 0. The molecule has 42 valence electrons. The SMILES string of the molecule is C[C@@H](C=O)P(C)C. The van der Waals surface area contributed by atoms with Gasteiger partial charge in [-0.05, 0) is 13.3 Å². The predicted octanol–water partition coefficient (Wildman–Crippen LogP) is 1.32. The smallest absolute Gasteiger partial charge is 0.127 e. The standard InChI is InChI=1S/C5H11OP/c1-5(4-6)7(2)3/h4-5H,1-3H3/t5-/m0/s1. The van der Waals surface area contributed by atoms with Crippen LogP contribution >= 0.6 is 7.92 Å². The highest BCUT2D eigenvalue weighted by atomic mass is 31.1. The van der Waals surface area contributed by atoms with Crippen molar-refractivity contribution >= 4 is 14.2 Å². The molecular weight excluding hydrogens is 107 g/mol. The molecule has 0 spiro atoms. The van der Waals surface area contributed by atoms with Gasteiger partial charge >= 0.3 is 0 Å². The van der Waals surface area contributed by atoms with Gasteiger partial charge in [-0.3, -0.25) is 0 Å². The molecule has 1 nitrogen and oxygen atoms in total. The molecule has 2 heteroatoms. The van der Waals surface area contributed by atoms with Crippen LogP contribution in [0.4, 0.5) is 0 Å². The molecule has 0 fully saturated rings. The van der Waals surface area contributed by atoms with Gasteiger partial charge < -0.3 is 4.79 Å². The van der Waals surface area contributed by atoms with Gasteiger partial charge in [-0.2, -0.15) is 0 Å². The molecule has 0 aromatic heterocycles. The van der Waals surface area contributed by atoms with Gasteiger partial charge in [0, 0.05) is 5.66 Å². The van der Waals surface area contributed by atoms with E-state index in [9.17, 15) is 4.79 Å². The molecule has 0 aliphatic carbocycles. The van der Waals surface area contributed by atoms with Crippen LogP contribution in [0.15, 0.2) is 0 Å². The Morgan fingerprint density at radius 1 is 1.57 bits per heavy atom. The van der Waals surface area contributed by atoms with E-state index in [1.54, 1.807) is 0 Å². The Morgan fingerprint density at radius 2 is 2.00 bits per heavy atom. The van der Waals surface area contributed by atoms with Crippen LogP contribution in [0.5, 0.6) is 0 Å². The first-order valence-electron chi connectivity index (χ1n) is 2.30. The topological polar surface area (TPSA) is 17.1 Å². The zero-order chi connectivity index (χ0) is 5.86. The van der Waals surface area contributed by atoms with Crippen molar-refractivity contribution in [2.24, 2.45) is 0 Å². The van der Waals surface area contributed by atoms with Gasteiger partial charge in [-0.15, -0.1) is 7.92 Å². The van der Waals surface area contributed by atoms with E-state index in [-0.39, 0.29) is 13.6 Å². The Bertz CT molecular complexity index is 61.1. The van der Waals surface area contributed by atoms with Crippen molar-refractivity contribution in [3.05, 3.63) is 0 Å². The second-order valence-corrected chi connectivity index (χ2v) is 4.58. The van der Waals surface area contributed by atoms with Crippen LogP contribution in [-0.2, 0) is 4.79 Å². The van der Waals surface area contributed by atoms with Crippen molar-refractivity contribution < 1.29 is 4.79 Å². The molecular formula is C5H11OP. The second-order valence-electron chi connectivity index (χ2n) is 1.84. The van der Waals surface area contributed by atoms with Crippen LogP contribution in [0, 0.1) is 0 Å². The number of hydrogen-bond acceptors (Lipinski definition) is 1. The quantitative estimate of drug-likeness (QED) is 0.394. The van der Waals surface area contributed by atoms with Crippen LogP contribution in [0.3, 0.4) is 0 Å². The van der Waals surface area contributed by atoms with Gasteiger partial charge in [0.15, 0.2) is 0 Å². The van der Waals surface area contributed by atoms with E-state index in [0.29, 0.717) is 0 Å². The molecule has 7 heavy (non-hydrogen) atoms. The van der Waals surface area contributed by atoms with Crippen LogP contribution < -0.4 is 0 Å². The normalized spacial score (nSPS) is 14.3. The summed E-state index contributed by atoms with van der Waals surface area (Å²) in [5.74, 6) is 0. The van der Waals surface area contributed by atoms with Crippen LogP contribution in [-0.4, -0.2) is 25.3 Å². The Hall–Kier alpha value is 0.100. The lowest BCUT2D eigenvalue weighted by molar-refractivity contribution is -0.107. The lowest BCUT2D eigenvalue weighted by atomic mass is 10.5. The molecule has 0 heterocycles. The average molecular weight is 118 g/mol. The fourth-order valence-corrected chi connectivity index (χ4v) is 0.365. The molecule has 0 unspecified atom stereocenters. The third-order valence-corrected chi connectivity index (χ3v) is 2.76. The van der Waals surface area contributed by atoms with Crippen LogP contribution in [0.25, 0.3) is 0 Å². The molecule has 0 aromatic carbocycles. The fourth-order valence-electron chi connectivity index (χ4n) is 0.122. The van der Waals surface area contributed by atoms with Crippen LogP contribution in [0.2, 0.25) is 0 Å². The molecule has 1 atom stereocenters. The van der Waals surface area contributed by atoms with Gasteiger partial charge in [0.05, 0.1) is 0 Å². The summed E-state index contributed by atoms with van der Waals surface area (Å²) in [6, 6.07) is 0. The second kappa shape index (κ2) is 3.15. The van der Waals surface area contributed by atoms with Gasteiger partial charge in [0.25, 0.3) is 0 Å². The highest BCUT2D eigenvalue weighted by Crippen LogP contribution is 2.29. The molecule has 0 aliphatic rings. The minimum atomic E-state index is -0.0298. The zero-order valence-corrected chi connectivity index (χ0v) is 5.90. The lowest BCUT2D eigenvalue weighted by Crippen LogP contribution is -1.97. The van der Waals surface area contributed by atoms with E-state index in [1.807, 2.05) is 6.92 Å². The maximum Gasteiger partial charge on any atom is 0.127 e. The van der Waals surface area contributed by atoms with Crippen LogP contribution in [0.1, 0.15) is 6.92 Å². The summed E-state index contributed by atoms with van der Waals surface area (Å²) in [5, 5.41) is 0. The molecule has 0 saturated carbocycles. The first kappa shape index (κ1) is 7.10. The number of aldehydes is 1. The number of hydrogen-bond donors (Lipinski definition) is 0. The zero-order valence-electron chi connectivity index (χ0n) is 5.01. The first-order valence-corrected chi connectivity index (χ1v) is 4.60.